The maximum atomic E-state index is 4.38. The van der Waals surface area contributed by atoms with E-state index in [-0.39, 0.29) is 52.9 Å². The number of benzene rings is 6. The van der Waals surface area contributed by atoms with Crippen molar-refractivity contribution in [3.8, 4) is 0 Å². The molecule has 0 aliphatic heterocycles. The van der Waals surface area contributed by atoms with Gasteiger partial charge in [0.1, 0.15) is 18.1 Å². The van der Waals surface area contributed by atoms with Crippen LogP contribution in [0, 0.1) is 25.6 Å². The van der Waals surface area contributed by atoms with E-state index in [1.165, 1.54) is 43.2 Å². The van der Waals surface area contributed by atoms with Gasteiger partial charge in [0.05, 0.1) is 0 Å². The van der Waals surface area contributed by atoms with Gasteiger partial charge in [-0.2, -0.15) is 0 Å². The van der Waals surface area contributed by atoms with Crippen molar-refractivity contribution in [1.29, 1.82) is 0 Å². The predicted molar refractivity (Wildman–Crippen MR) is 200 cm³/mol. The second-order valence-electron chi connectivity index (χ2n) is 10.4. The fourth-order valence-electron chi connectivity index (χ4n) is 5.59. The zero-order valence-electron chi connectivity index (χ0n) is 27.5. The molecule has 0 saturated heterocycles. The van der Waals surface area contributed by atoms with E-state index in [1.54, 1.807) is 0 Å². The third-order valence-corrected chi connectivity index (χ3v) is 7.65. The van der Waals surface area contributed by atoms with Gasteiger partial charge in [-0.3, -0.25) is 4.98 Å². The summed E-state index contributed by atoms with van der Waals surface area (Å²) in [7, 11) is 2.07. The molecule has 0 atom stereocenters. The smallest absolute Gasteiger partial charge is 0.358 e. The molecule has 9 aromatic rings. The van der Waals surface area contributed by atoms with E-state index in [2.05, 4.69) is 125 Å². The van der Waals surface area contributed by atoms with Crippen molar-refractivity contribution in [2.75, 3.05) is 0 Å². The Balaban J connectivity index is 0.000000152. The van der Waals surface area contributed by atoms with Crippen LogP contribution in [0.15, 0.2) is 146 Å². The molecule has 0 aliphatic carbocycles. The monoisotopic (exact) mass is 683 g/mol. The summed E-state index contributed by atoms with van der Waals surface area (Å²) < 4.78 is 2.15. The van der Waals surface area contributed by atoms with Crippen LogP contribution in [-0.2, 0) is 7.05 Å². The summed E-state index contributed by atoms with van der Waals surface area (Å²) >= 11 is 0. The molecule has 1 N–H and O–H groups in total. The number of H-pyrrole nitrogens is 1. The fourth-order valence-corrected chi connectivity index (χ4v) is 5.59. The molecule has 3 nitrogen and oxygen atoms in total. The first-order valence-electron chi connectivity index (χ1n) is 15.3. The summed E-state index contributed by atoms with van der Waals surface area (Å²) in [6.07, 6.45) is 5.84. The Labute approximate surface area is 314 Å². The zero-order chi connectivity index (χ0) is 31.0. The maximum absolute atomic E-state index is 4.38. The van der Waals surface area contributed by atoms with Gasteiger partial charge < -0.3 is 12.4 Å². The number of aromatic amines is 1. The van der Waals surface area contributed by atoms with Gasteiger partial charge in [0.25, 0.3) is 0 Å². The minimum Gasteiger partial charge on any atom is -0.358 e. The molecule has 47 heavy (non-hydrogen) atoms. The number of rotatable bonds is 0. The molecule has 226 valence electrons. The van der Waals surface area contributed by atoms with Gasteiger partial charge in [0.15, 0.2) is 12.4 Å². The molecule has 0 aliphatic rings. The number of pyridine rings is 3. The fraction of sp³-hybridized carbons (Fsp3) is 0.0698. The number of fused-ring (bicyclic) bond motifs is 9. The van der Waals surface area contributed by atoms with Crippen molar-refractivity contribution < 1.29 is 9.55 Å². The summed E-state index contributed by atoms with van der Waals surface area (Å²) in [5.74, 6) is 0. The van der Waals surface area contributed by atoms with Gasteiger partial charge in [-0.15, -0.1) is 94.3 Å². The summed E-state index contributed by atoms with van der Waals surface area (Å²) in [6.45, 7) is 4.00. The molecule has 6 aromatic carbocycles. The van der Waals surface area contributed by atoms with E-state index in [9.17, 15) is 0 Å². The maximum Gasteiger partial charge on any atom is 2.00 e. The van der Waals surface area contributed by atoms with E-state index >= 15 is 0 Å². The van der Waals surface area contributed by atoms with E-state index < -0.39 is 0 Å². The molecular weight excluding hydrogens is 646 g/mol. The Bertz CT molecular complexity index is 2160. The van der Waals surface area contributed by atoms with Crippen molar-refractivity contribution in [1.82, 2.24) is 4.98 Å². The molecule has 0 unspecified atom stereocenters. The van der Waals surface area contributed by atoms with Crippen molar-refractivity contribution >= 4 is 111 Å². The van der Waals surface area contributed by atoms with Crippen molar-refractivity contribution in [2.45, 2.75) is 13.8 Å². The Hall–Kier alpha value is -4.19. The molecule has 9 rings (SSSR count). The topological polar surface area (TPSA) is 30.9 Å². The Morgan fingerprint density at radius 2 is 1.06 bits per heavy atom. The summed E-state index contributed by atoms with van der Waals surface area (Å²) in [4.78, 5) is 7.64. The minimum absolute atomic E-state index is 0. The third-order valence-electron chi connectivity index (χ3n) is 7.65. The van der Waals surface area contributed by atoms with Gasteiger partial charge in [0, 0.05) is 29.1 Å². The average molecular weight is 683 g/mol. The largest absolute Gasteiger partial charge is 2.00 e. The molecule has 0 bridgehead atoms. The van der Waals surface area contributed by atoms with Crippen LogP contribution in [0.5, 0.6) is 0 Å². The van der Waals surface area contributed by atoms with Crippen LogP contribution in [0.1, 0.15) is 13.8 Å². The van der Waals surface area contributed by atoms with E-state index in [0.29, 0.717) is 0 Å². The van der Waals surface area contributed by atoms with Crippen molar-refractivity contribution in [2.24, 2.45) is 7.05 Å². The third kappa shape index (κ3) is 7.86. The summed E-state index contributed by atoms with van der Waals surface area (Å²) in [5, 5.41) is 10.8. The quantitative estimate of drug-likeness (QED) is 0.0678. The van der Waals surface area contributed by atoms with Crippen LogP contribution in [0.3, 0.4) is 0 Å². The Kier molecular flexibility index (Phi) is 13.0. The molecule has 4 heteroatoms. The van der Waals surface area contributed by atoms with Crippen LogP contribution in [0.25, 0.3) is 65.0 Å². The van der Waals surface area contributed by atoms with Gasteiger partial charge in [-0.1, -0.05) is 79.2 Å². The van der Waals surface area contributed by atoms with Crippen LogP contribution < -0.4 is 9.55 Å². The normalized spacial score (nSPS) is 10.1. The van der Waals surface area contributed by atoms with Gasteiger partial charge in [-0.05, 0) is 17.0 Å². The van der Waals surface area contributed by atoms with Crippen molar-refractivity contribution in [3.63, 3.8) is 0 Å². The van der Waals surface area contributed by atoms with E-state index in [4.69, 9.17) is 0 Å². The minimum atomic E-state index is 0. The standard InChI is InChI=1S/C14H11N.2C13H8N.C2H6.CH3.Sr/c1-15-10-4-6-12-9-8-11-5-2-3-7-13(11)14(12)15;2*1-2-6-12-10(4-1)7-8-11-5-3-9-14-13(11)12;1-2;;/h2-6,8-10H,1H3;2*1-5,7-9H;1-2H3;1H3;/q;2*-1;;-1;+2/p+1. The number of nitrogens with one attached hydrogen (secondary N) is 1. The zero-order valence-corrected chi connectivity index (χ0v) is 30.9. The summed E-state index contributed by atoms with van der Waals surface area (Å²) in [6, 6.07) is 53.1. The first-order valence-corrected chi connectivity index (χ1v) is 15.3. The van der Waals surface area contributed by atoms with Gasteiger partial charge in [-0.25, -0.2) is 4.57 Å². The van der Waals surface area contributed by atoms with E-state index in [0.717, 1.165) is 21.8 Å². The second kappa shape index (κ2) is 17.1. The van der Waals surface area contributed by atoms with Crippen LogP contribution >= 0.6 is 0 Å². The number of aromatic nitrogens is 3. The molecule has 0 spiro atoms. The first kappa shape index (κ1) is 35.7. The number of hydrogen-bond acceptors (Lipinski definition) is 1. The molecule has 0 radical (unpaired) electrons. The van der Waals surface area contributed by atoms with Gasteiger partial charge in [0.2, 0.25) is 0 Å². The number of nitrogens with zero attached hydrogens (tertiary/aromatic N) is 2. The summed E-state index contributed by atoms with van der Waals surface area (Å²) in [5.41, 5.74) is 3.44. The average Bonchev–Trinajstić information content (AvgIpc) is 3.13. The molecular formula is C43H37N3Sr. The SMILES string of the molecule is CC.C[n+]1cccc2ccc3ccc[c-]c3c21.[CH3-].[Sr+2].[c-]1cccc2ccc3ccc[nH+]c3c12.[c-]1cccc2ccc3cccnc3c12. The molecule has 0 saturated carbocycles. The molecule has 3 aromatic heterocycles. The first-order chi connectivity index (χ1) is 22.3. The second-order valence-corrected chi connectivity index (χ2v) is 10.4. The molecule has 0 amide bonds. The Morgan fingerprint density at radius 3 is 1.79 bits per heavy atom. The predicted octanol–water partition coefficient (Wildman–Crippen LogP) is 9.51. The van der Waals surface area contributed by atoms with Crippen LogP contribution in [0.2, 0.25) is 0 Å². The number of aryl methyl sites for hydroxylation is 1. The number of hydrogen-bond donors (Lipinski definition) is 0. The Morgan fingerprint density at radius 1 is 0.553 bits per heavy atom. The van der Waals surface area contributed by atoms with Crippen LogP contribution in [0.4, 0.5) is 0 Å². The van der Waals surface area contributed by atoms with Crippen LogP contribution in [-0.4, -0.2) is 50.5 Å². The van der Waals surface area contributed by atoms with E-state index in [1.807, 2.05) is 74.8 Å². The molecule has 3 heterocycles. The van der Waals surface area contributed by atoms with Gasteiger partial charge >= 0.3 is 45.5 Å². The van der Waals surface area contributed by atoms with Crippen molar-refractivity contribution in [3.05, 3.63) is 172 Å². The molecule has 0 fully saturated rings.